The van der Waals surface area contributed by atoms with Crippen LogP contribution in [0.1, 0.15) is 11.6 Å². The van der Waals surface area contributed by atoms with Crippen LogP contribution in [-0.4, -0.2) is 23.2 Å². The quantitative estimate of drug-likeness (QED) is 0.774. The van der Waals surface area contributed by atoms with Crippen LogP contribution in [0.4, 0.5) is 0 Å². The summed E-state index contributed by atoms with van der Waals surface area (Å²) in [5.74, 6) is 1.56. The largest absolute Gasteiger partial charge is 0.484 e. The maximum atomic E-state index is 11.3. The van der Waals surface area contributed by atoms with Crippen molar-refractivity contribution in [2.45, 2.75) is 18.4 Å². The minimum absolute atomic E-state index is 0.0708. The van der Waals surface area contributed by atoms with E-state index in [0.29, 0.717) is 5.82 Å². The second-order valence-corrected chi connectivity index (χ2v) is 7.51. The molecule has 1 aromatic heterocycles. The standard InChI is InChI=1S/C11H10Cl3N3O3S/c1-6-15-16-11(17(6)2)5-20-9-3-8(13)10(4-7(9)12)21(14,18)19/h3-4H,5H2,1-2H3. The fraction of sp³-hybridized carbons (Fsp3) is 0.273. The van der Waals surface area contributed by atoms with E-state index in [9.17, 15) is 8.42 Å². The van der Waals surface area contributed by atoms with Crippen LogP contribution < -0.4 is 4.74 Å². The monoisotopic (exact) mass is 369 g/mol. The minimum atomic E-state index is -3.97. The van der Waals surface area contributed by atoms with Gasteiger partial charge in [0, 0.05) is 23.8 Å². The van der Waals surface area contributed by atoms with Crippen LogP contribution in [0.25, 0.3) is 0 Å². The van der Waals surface area contributed by atoms with Gasteiger partial charge in [-0.2, -0.15) is 0 Å². The van der Waals surface area contributed by atoms with Crippen molar-refractivity contribution in [1.82, 2.24) is 14.8 Å². The molecule has 0 aliphatic carbocycles. The SMILES string of the molecule is Cc1nnc(COc2cc(Cl)c(S(=O)(=O)Cl)cc2Cl)n1C. The highest BCUT2D eigenvalue weighted by molar-refractivity contribution is 8.13. The Hall–Kier alpha value is -1.02. The molecule has 1 aromatic carbocycles. The van der Waals surface area contributed by atoms with E-state index in [0.717, 1.165) is 11.9 Å². The zero-order valence-corrected chi connectivity index (χ0v) is 14.1. The van der Waals surface area contributed by atoms with Gasteiger partial charge in [0.05, 0.1) is 10.0 Å². The number of hydrogen-bond donors (Lipinski definition) is 0. The minimum Gasteiger partial charge on any atom is -0.484 e. The van der Waals surface area contributed by atoms with Crippen LogP contribution in [0.3, 0.4) is 0 Å². The molecule has 2 rings (SSSR count). The van der Waals surface area contributed by atoms with Crippen molar-refractivity contribution in [3.8, 4) is 5.75 Å². The van der Waals surface area contributed by atoms with Crippen LogP contribution in [-0.2, 0) is 22.7 Å². The van der Waals surface area contributed by atoms with Crippen molar-refractivity contribution < 1.29 is 13.2 Å². The van der Waals surface area contributed by atoms with E-state index >= 15 is 0 Å². The normalized spacial score (nSPS) is 11.7. The first-order valence-corrected chi connectivity index (χ1v) is 8.68. The first-order chi connectivity index (χ1) is 9.70. The molecular weight excluding hydrogens is 361 g/mol. The lowest BCUT2D eigenvalue weighted by atomic mass is 10.3. The fourth-order valence-corrected chi connectivity index (χ4v) is 3.32. The van der Waals surface area contributed by atoms with Crippen molar-refractivity contribution in [3.05, 3.63) is 33.8 Å². The van der Waals surface area contributed by atoms with Crippen molar-refractivity contribution in [2.75, 3.05) is 0 Å². The first kappa shape index (κ1) is 16.4. The first-order valence-electron chi connectivity index (χ1n) is 5.61. The molecule has 0 spiro atoms. The fourth-order valence-electron chi connectivity index (χ4n) is 1.53. The van der Waals surface area contributed by atoms with E-state index < -0.39 is 9.05 Å². The summed E-state index contributed by atoms with van der Waals surface area (Å²) in [4.78, 5) is -0.266. The van der Waals surface area contributed by atoms with Crippen LogP contribution in [0.2, 0.25) is 10.0 Å². The summed E-state index contributed by atoms with van der Waals surface area (Å²) in [6.07, 6.45) is 0. The molecule has 10 heteroatoms. The Bertz CT molecular complexity index is 789. The molecule has 2 aromatic rings. The number of halogens is 3. The van der Waals surface area contributed by atoms with Crippen molar-refractivity contribution in [1.29, 1.82) is 0 Å². The molecule has 21 heavy (non-hydrogen) atoms. The summed E-state index contributed by atoms with van der Waals surface area (Å²) in [7, 11) is 3.08. The van der Waals surface area contributed by atoms with E-state index in [1.807, 2.05) is 0 Å². The predicted molar refractivity (Wildman–Crippen MR) is 79.6 cm³/mol. The lowest BCUT2D eigenvalue weighted by molar-refractivity contribution is 0.291. The summed E-state index contributed by atoms with van der Waals surface area (Å²) in [5, 5.41) is 7.84. The van der Waals surface area contributed by atoms with Crippen LogP contribution in [0.5, 0.6) is 5.75 Å². The molecule has 0 saturated carbocycles. The molecule has 0 unspecified atom stereocenters. The van der Waals surface area contributed by atoms with Gasteiger partial charge in [-0.05, 0) is 13.0 Å². The molecule has 0 fully saturated rings. The van der Waals surface area contributed by atoms with Gasteiger partial charge in [-0.1, -0.05) is 23.2 Å². The molecule has 0 atom stereocenters. The summed E-state index contributed by atoms with van der Waals surface area (Å²) >= 11 is 11.8. The van der Waals surface area contributed by atoms with Crippen LogP contribution in [0.15, 0.2) is 17.0 Å². The van der Waals surface area contributed by atoms with E-state index in [2.05, 4.69) is 10.2 Å². The number of aryl methyl sites for hydroxylation is 1. The lowest BCUT2D eigenvalue weighted by Crippen LogP contribution is -2.05. The third-order valence-corrected chi connectivity index (χ3v) is 4.87. The Kier molecular flexibility index (Phi) is 4.67. The zero-order chi connectivity index (χ0) is 15.8. The topological polar surface area (TPSA) is 74.1 Å². The van der Waals surface area contributed by atoms with Gasteiger partial charge in [-0.25, -0.2) is 8.42 Å². The highest BCUT2D eigenvalue weighted by atomic mass is 35.7. The summed E-state index contributed by atoms with van der Waals surface area (Å²) in [5.41, 5.74) is 0. The molecule has 0 saturated heterocycles. The Morgan fingerprint density at radius 2 is 1.90 bits per heavy atom. The molecule has 114 valence electrons. The van der Waals surface area contributed by atoms with Gasteiger partial charge in [0.25, 0.3) is 9.05 Å². The lowest BCUT2D eigenvalue weighted by Gasteiger charge is -2.10. The summed E-state index contributed by atoms with van der Waals surface area (Å²) in [6, 6.07) is 2.44. The third kappa shape index (κ3) is 3.60. The maximum absolute atomic E-state index is 11.3. The molecule has 1 heterocycles. The van der Waals surface area contributed by atoms with Gasteiger partial charge in [-0.15, -0.1) is 10.2 Å². The maximum Gasteiger partial charge on any atom is 0.262 e. The third-order valence-electron chi connectivity index (χ3n) is 2.79. The molecule has 0 amide bonds. The number of hydrogen-bond acceptors (Lipinski definition) is 5. The van der Waals surface area contributed by atoms with E-state index in [4.69, 9.17) is 38.6 Å². The zero-order valence-electron chi connectivity index (χ0n) is 11.0. The molecule has 0 bridgehead atoms. The van der Waals surface area contributed by atoms with E-state index in [1.165, 1.54) is 6.07 Å². The molecule has 0 N–H and O–H groups in total. The highest BCUT2D eigenvalue weighted by Crippen LogP contribution is 2.35. The second-order valence-electron chi connectivity index (χ2n) is 4.16. The van der Waals surface area contributed by atoms with E-state index in [1.54, 1.807) is 18.5 Å². The summed E-state index contributed by atoms with van der Waals surface area (Å²) in [6.45, 7) is 1.92. The second kappa shape index (κ2) is 6.00. The van der Waals surface area contributed by atoms with Gasteiger partial charge in [0.1, 0.15) is 23.1 Å². The van der Waals surface area contributed by atoms with Crippen molar-refractivity contribution >= 4 is 42.9 Å². The summed E-state index contributed by atoms with van der Waals surface area (Å²) < 4.78 is 29.9. The van der Waals surface area contributed by atoms with Gasteiger partial charge in [0.2, 0.25) is 0 Å². The van der Waals surface area contributed by atoms with E-state index in [-0.39, 0.29) is 27.3 Å². The average Bonchev–Trinajstić information content (AvgIpc) is 2.69. The molecule has 6 nitrogen and oxygen atoms in total. The Morgan fingerprint density at radius 3 is 2.43 bits per heavy atom. The number of nitrogens with zero attached hydrogens (tertiary/aromatic N) is 3. The predicted octanol–water partition coefficient (Wildman–Crippen LogP) is 2.94. The van der Waals surface area contributed by atoms with Gasteiger partial charge in [-0.3, -0.25) is 0 Å². The number of rotatable bonds is 4. The van der Waals surface area contributed by atoms with Gasteiger partial charge >= 0.3 is 0 Å². The Morgan fingerprint density at radius 1 is 1.24 bits per heavy atom. The van der Waals surface area contributed by atoms with Gasteiger partial charge in [0.15, 0.2) is 5.82 Å². The number of aromatic nitrogens is 3. The number of benzene rings is 1. The van der Waals surface area contributed by atoms with Crippen molar-refractivity contribution in [3.63, 3.8) is 0 Å². The Balaban J connectivity index is 2.26. The Labute approximate surface area is 136 Å². The smallest absolute Gasteiger partial charge is 0.262 e. The molecule has 0 aliphatic rings. The molecule has 0 aliphatic heterocycles. The molecule has 0 radical (unpaired) electrons. The van der Waals surface area contributed by atoms with Crippen LogP contribution in [0, 0.1) is 6.92 Å². The average molecular weight is 371 g/mol. The highest BCUT2D eigenvalue weighted by Gasteiger charge is 2.18. The number of ether oxygens (including phenoxy) is 1. The van der Waals surface area contributed by atoms with Crippen molar-refractivity contribution in [2.24, 2.45) is 7.05 Å². The molecular formula is C11H10Cl3N3O3S. The van der Waals surface area contributed by atoms with Crippen LogP contribution >= 0.6 is 33.9 Å². The van der Waals surface area contributed by atoms with Gasteiger partial charge < -0.3 is 9.30 Å².